The van der Waals surface area contributed by atoms with Gasteiger partial charge in [0, 0.05) is 5.56 Å². The Labute approximate surface area is 89.7 Å². The highest BCUT2D eigenvalue weighted by Gasteiger charge is 2.13. The molecule has 0 spiro atoms. The largest absolute Gasteiger partial charge is 0.491 e. The van der Waals surface area contributed by atoms with Gasteiger partial charge in [-0.1, -0.05) is 19.9 Å². The molecule has 0 aliphatic heterocycles. The van der Waals surface area contributed by atoms with Crippen LogP contribution in [0.5, 0.6) is 5.75 Å². The van der Waals surface area contributed by atoms with Gasteiger partial charge >= 0.3 is 0 Å². The molecule has 2 nitrogen and oxygen atoms in total. The number of aliphatic hydroxyl groups excluding tert-OH is 1. The third kappa shape index (κ3) is 3.20. The van der Waals surface area contributed by atoms with Crippen LogP contribution in [0, 0.1) is 5.82 Å². The van der Waals surface area contributed by atoms with Crippen molar-refractivity contribution in [2.45, 2.75) is 32.8 Å². The summed E-state index contributed by atoms with van der Waals surface area (Å²) in [4.78, 5) is 0. The molecule has 1 atom stereocenters. The van der Waals surface area contributed by atoms with E-state index in [1.807, 2.05) is 13.8 Å². The highest BCUT2D eigenvalue weighted by Crippen LogP contribution is 2.28. The minimum Gasteiger partial charge on any atom is -0.491 e. The first kappa shape index (κ1) is 12.0. The quantitative estimate of drug-likeness (QED) is 0.831. The molecule has 1 rings (SSSR count). The van der Waals surface area contributed by atoms with Crippen molar-refractivity contribution in [3.05, 3.63) is 29.6 Å². The summed E-state index contributed by atoms with van der Waals surface area (Å²) in [6, 6.07) is 4.75. The van der Waals surface area contributed by atoms with E-state index in [0.29, 0.717) is 11.3 Å². The van der Waals surface area contributed by atoms with Crippen LogP contribution in [-0.2, 0) is 0 Å². The Hall–Kier alpha value is -1.09. The summed E-state index contributed by atoms with van der Waals surface area (Å²) in [5.74, 6) is 0.328. The lowest BCUT2D eigenvalue weighted by Crippen LogP contribution is -2.14. The fraction of sp³-hybridized carbons (Fsp3) is 0.500. The zero-order valence-electron chi connectivity index (χ0n) is 9.33. The summed E-state index contributed by atoms with van der Waals surface area (Å²) in [6.45, 7) is 5.64. The number of rotatable bonds is 4. The Morgan fingerprint density at radius 2 is 2.00 bits per heavy atom. The van der Waals surface area contributed by atoms with Gasteiger partial charge in [-0.05, 0) is 25.0 Å². The van der Waals surface area contributed by atoms with Crippen LogP contribution in [0.4, 0.5) is 4.39 Å². The van der Waals surface area contributed by atoms with Gasteiger partial charge in [-0.25, -0.2) is 4.39 Å². The SMILES string of the molecule is CC(O)COc1cccc(F)c1C(C)C. The maximum atomic E-state index is 13.5. The van der Waals surface area contributed by atoms with Crippen molar-refractivity contribution in [2.24, 2.45) is 0 Å². The molecule has 0 amide bonds. The molecule has 0 heterocycles. The number of benzene rings is 1. The van der Waals surface area contributed by atoms with Crippen LogP contribution in [0.25, 0.3) is 0 Å². The molecule has 84 valence electrons. The molecule has 0 saturated carbocycles. The van der Waals surface area contributed by atoms with Gasteiger partial charge in [-0.3, -0.25) is 0 Å². The van der Waals surface area contributed by atoms with E-state index in [1.54, 1.807) is 19.1 Å². The molecule has 0 aliphatic carbocycles. The lowest BCUT2D eigenvalue weighted by molar-refractivity contribution is 0.121. The Morgan fingerprint density at radius 3 is 2.53 bits per heavy atom. The van der Waals surface area contributed by atoms with Gasteiger partial charge < -0.3 is 9.84 Å². The van der Waals surface area contributed by atoms with E-state index in [2.05, 4.69) is 0 Å². The van der Waals surface area contributed by atoms with Crippen LogP contribution in [0.15, 0.2) is 18.2 Å². The Balaban J connectivity index is 2.91. The fourth-order valence-electron chi connectivity index (χ4n) is 1.41. The van der Waals surface area contributed by atoms with Crippen LogP contribution in [0.1, 0.15) is 32.3 Å². The van der Waals surface area contributed by atoms with Crippen LogP contribution in [-0.4, -0.2) is 17.8 Å². The van der Waals surface area contributed by atoms with Crippen molar-refractivity contribution < 1.29 is 14.2 Å². The van der Waals surface area contributed by atoms with Gasteiger partial charge in [-0.15, -0.1) is 0 Å². The zero-order valence-corrected chi connectivity index (χ0v) is 9.33. The summed E-state index contributed by atoms with van der Waals surface area (Å²) in [6.07, 6.45) is -0.548. The van der Waals surface area contributed by atoms with Gasteiger partial charge in [0.1, 0.15) is 18.2 Å². The molecule has 1 aromatic rings. The number of ether oxygens (including phenoxy) is 1. The highest BCUT2D eigenvalue weighted by atomic mass is 19.1. The smallest absolute Gasteiger partial charge is 0.130 e. The maximum absolute atomic E-state index is 13.5. The normalized spacial score (nSPS) is 12.9. The molecule has 3 heteroatoms. The summed E-state index contributed by atoms with van der Waals surface area (Å²) >= 11 is 0. The molecule has 15 heavy (non-hydrogen) atoms. The molecule has 1 N–H and O–H groups in total. The van der Waals surface area contributed by atoms with Gasteiger partial charge in [0.25, 0.3) is 0 Å². The average molecular weight is 212 g/mol. The van der Waals surface area contributed by atoms with Crippen LogP contribution < -0.4 is 4.74 Å². The second-order valence-electron chi connectivity index (χ2n) is 3.97. The molecule has 1 aromatic carbocycles. The van der Waals surface area contributed by atoms with Crippen molar-refractivity contribution >= 4 is 0 Å². The van der Waals surface area contributed by atoms with E-state index in [0.717, 1.165) is 0 Å². The van der Waals surface area contributed by atoms with Crippen molar-refractivity contribution in [3.8, 4) is 5.75 Å². The van der Waals surface area contributed by atoms with Crippen molar-refractivity contribution in [1.29, 1.82) is 0 Å². The minimum atomic E-state index is -0.548. The Kier molecular flexibility index (Phi) is 4.09. The molecule has 0 aromatic heterocycles. The topological polar surface area (TPSA) is 29.5 Å². The molecular weight excluding hydrogens is 195 g/mol. The van der Waals surface area contributed by atoms with E-state index in [-0.39, 0.29) is 18.3 Å². The lowest BCUT2D eigenvalue weighted by atomic mass is 10.0. The molecule has 0 fully saturated rings. The van der Waals surface area contributed by atoms with Crippen LogP contribution >= 0.6 is 0 Å². The van der Waals surface area contributed by atoms with Crippen molar-refractivity contribution in [2.75, 3.05) is 6.61 Å². The van der Waals surface area contributed by atoms with Gasteiger partial charge in [0.05, 0.1) is 6.10 Å². The van der Waals surface area contributed by atoms with Gasteiger partial charge in [0.15, 0.2) is 0 Å². The monoisotopic (exact) mass is 212 g/mol. The summed E-state index contributed by atoms with van der Waals surface area (Å²) in [5, 5.41) is 9.09. The fourth-order valence-corrected chi connectivity index (χ4v) is 1.41. The molecule has 0 radical (unpaired) electrons. The van der Waals surface area contributed by atoms with E-state index >= 15 is 0 Å². The zero-order chi connectivity index (χ0) is 11.4. The molecule has 0 saturated heterocycles. The standard InChI is InChI=1S/C12H17FO2/c1-8(2)12-10(13)5-4-6-11(12)15-7-9(3)14/h4-6,8-9,14H,7H2,1-3H3. The number of hydrogen-bond acceptors (Lipinski definition) is 2. The first-order valence-electron chi connectivity index (χ1n) is 5.11. The molecule has 0 bridgehead atoms. The van der Waals surface area contributed by atoms with Gasteiger partial charge in [-0.2, -0.15) is 0 Å². The van der Waals surface area contributed by atoms with Crippen molar-refractivity contribution in [1.82, 2.24) is 0 Å². The predicted molar refractivity (Wildman–Crippen MR) is 57.7 cm³/mol. The van der Waals surface area contributed by atoms with Crippen LogP contribution in [0.3, 0.4) is 0 Å². The maximum Gasteiger partial charge on any atom is 0.130 e. The minimum absolute atomic E-state index is 0.0650. The molecule has 1 unspecified atom stereocenters. The highest BCUT2D eigenvalue weighted by molar-refractivity contribution is 5.36. The lowest BCUT2D eigenvalue weighted by Gasteiger charge is -2.15. The summed E-state index contributed by atoms with van der Waals surface area (Å²) < 4.78 is 18.8. The van der Waals surface area contributed by atoms with Crippen LogP contribution in [0.2, 0.25) is 0 Å². The first-order chi connectivity index (χ1) is 7.02. The van der Waals surface area contributed by atoms with E-state index in [1.165, 1.54) is 6.07 Å². The second-order valence-corrected chi connectivity index (χ2v) is 3.97. The Bertz CT molecular complexity index is 321. The second kappa shape index (κ2) is 5.12. The van der Waals surface area contributed by atoms with E-state index in [9.17, 15) is 4.39 Å². The summed E-state index contributed by atoms with van der Waals surface area (Å²) in [7, 11) is 0. The van der Waals surface area contributed by atoms with E-state index in [4.69, 9.17) is 9.84 Å². The first-order valence-corrected chi connectivity index (χ1v) is 5.11. The van der Waals surface area contributed by atoms with E-state index < -0.39 is 6.10 Å². The average Bonchev–Trinajstić information content (AvgIpc) is 2.13. The molecular formula is C12H17FO2. The molecule has 0 aliphatic rings. The van der Waals surface area contributed by atoms with Crippen molar-refractivity contribution in [3.63, 3.8) is 0 Å². The Morgan fingerprint density at radius 1 is 1.33 bits per heavy atom. The number of hydrogen-bond donors (Lipinski definition) is 1. The predicted octanol–water partition coefficient (Wildman–Crippen LogP) is 2.71. The summed E-state index contributed by atoms with van der Waals surface area (Å²) in [5.41, 5.74) is 0.568. The number of halogens is 1. The van der Waals surface area contributed by atoms with Gasteiger partial charge in [0.2, 0.25) is 0 Å². The number of aliphatic hydroxyl groups is 1. The third-order valence-corrected chi connectivity index (χ3v) is 2.07. The third-order valence-electron chi connectivity index (χ3n) is 2.07.